The van der Waals surface area contributed by atoms with Crippen molar-refractivity contribution in [3.8, 4) is 0 Å². The number of hydrogen-bond donors (Lipinski definition) is 0. The molecule has 0 aliphatic heterocycles. The third-order valence-electron chi connectivity index (χ3n) is 2.34. The van der Waals surface area contributed by atoms with Crippen LogP contribution in [0.15, 0.2) is 24.3 Å². The molecule has 0 radical (unpaired) electrons. The molecule has 0 unspecified atom stereocenters. The molecule has 5 heteroatoms. The minimum atomic E-state index is -0.412. The smallest absolute Gasteiger partial charge is 0.206 e. The van der Waals surface area contributed by atoms with Gasteiger partial charge in [-0.05, 0) is 30.1 Å². The van der Waals surface area contributed by atoms with Crippen LogP contribution in [0.5, 0.6) is 0 Å². The highest BCUT2D eigenvalue weighted by Gasteiger charge is 2.17. The second-order valence-electron chi connectivity index (χ2n) is 3.64. The summed E-state index contributed by atoms with van der Waals surface area (Å²) in [7, 11) is 0. The lowest BCUT2D eigenvalue weighted by molar-refractivity contribution is 0.104. The van der Waals surface area contributed by atoms with E-state index < -0.39 is 5.82 Å². The number of carbonyl (C=O) groups excluding carboxylic acids is 1. The Kier molecular flexibility index (Phi) is 3.58. The normalized spacial score (nSPS) is 10.5. The van der Waals surface area contributed by atoms with E-state index in [0.717, 1.165) is 18.0 Å². The Morgan fingerprint density at radius 3 is 3.00 bits per heavy atom. The molecule has 0 saturated heterocycles. The molecule has 0 spiro atoms. The van der Waals surface area contributed by atoms with Crippen LogP contribution in [0.3, 0.4) is 0 Å². The molecule has 2 aromatic rings. The second kappa shape index (κ2) is 5.14. The van der Waals surface area contributed by atoms with Crippen LogP contribution in [0.4, 0.5) is 4.39 Å². The van der Waals surface area contributed by atoms with Crippen LogP contribution in [0.1, 0.15) is 34.3 Å². The Morgan fingerprint density at radius 1 is 1.47 bits per heavy atom. The number of halogens is 1. The highest BCUT2D eigenvalue weighted by Crippen LogP contribution is 2.18. The van der Waals surface area contributed by atoms with E-state index >= 15 is 0 Å². The Labute approximate surface area is 102 Å². The third-order valence-corrected chi connectivity index (χ3v) is 3.10. The van der Waals surface area contributed by atoms with Gasteiger partial charge < -0.3 is 0 Å². The van der Waals surface area contributed by atoms with Crippen molar-refractivity contribution in [3.63, 3.8) is 0 Å². The fourth-order valence-electron chi connectivity index (χ4n) is 1.54. The van der Waals surface area contributed by atoms with Crippen LogP contribution in [0, 0.1) is 5.82 Å². The first-order valence-corrected chi connectivity index (χ1v) is 6.11. The highest BCUT2D eigenvalue weighted by atomic mass is 32.1. The number of nitrogens with zero attached hydrogens (tertiary/aromatic N) is 2. The van der Waals surface area contributed by atoms with Crippen LogP contribution in [-0.4, -0.2) is 15.4 Å². The molecule has 0 aliphatic carbocycles. The van der Waals surface area contributed by atoms with Crippen molar-refractivity contribution in [1.29, 1.82) is 0 Å². The van der Waals surface area contributed by atoms with Crippen LogP contribution >= 0.6 is 11.5 Å². The molecule has 3 nitrogen and oxygen atoms in total. The van der Waals surface area contributed by atoms with Crippen molar-refractivity contribution < 1.29 is 9.18 Å². The van der Waals surface area contributed by atoms with Gasteiger partial charge in [-0.15, -0.1) is 5.10 Å². The molecule has 17 heavy (non-hydrogen) atoms. The van der Waals surface area contributed by atoms with E-state index in [9.17, 15) is 9.18 Å². The molecule has 0 bridgehead atoms. The van der Waals surface area contributed by atoms with Crippen molar-refractivity contribution in [2.24, 2.45) is 0 Å². The lowest BCUT2D eigenvalue weighted by Gasteiger charge is -2.00. The van der Waals surface area contributed by atoms with Crippen LogP contribution in [0.2, 0.25) is 0 Å². The number of hydrogen-bond acceptors (Lipinski definition) is 4. The highest BCUT2D eigenvalue weighted by molar-refractivity contribution is 7.08. The summed E-state index contributed by atoms with van der Waals surface area (Å²) in [6.07, 6.45) is 1.61. The van der Waals surface area contributed by atoms with Crippen LogP contribution in [0.25, 0.3) is 0 Å². The van der Waals surface area contributed by atoms with E-state index in [-0.39, 0.29) is 5.78 Å². The molecule has 0 fully saturated rings. The Morgan fingerprint density at radius 2 is 2.29 bits per heavy atom. The van der Waals surface area contributed by atoms with Crippen LogP contribution < -0.4 is 0 Å². The molecule has 88 valence electrons. The quantitative estimate of drug-likeness (QED) is 0.784. The number of rotatable bonds is 4. The summed E-state index contributed by atoms with van der Waals surface area (Å²) in [6, 6.07) is 5.67. The van der Waals surface area contributed by atoms with Gasteiger partial charge in [-0.3, -0.25) is 4.79 Å². The Balaban J connectivity index is 2.33. The molecule has 1 heterocycles. The zero-order valence-electron chi connectivity index (χ0n) is 9.31. The predicted octanol–water partition coefficient (Wildman–Crippen LogP) is 2.86. The predicted molar refractivity (Wildman–Crippen MR) is 63.7 cm³/mol. The van der Waals surface area contributed by atoms with Crippen molar-refractivity contribution in [2.45, 2.75) is 19.8 Å². The fraction of sp³-hybridized carbons (Fsp3) is 0.250. The first-order chi connectivity index (χ1) is 8.22. The Bertz CT molecular complexity index is 539. The van der Waals surface area contributed by atoms with Gasteiger partial charge in [0, 0.05) is 5.56 Å². The lowest BCUT2D eigenvalue weighted by atomic mass is 10.1. The van der Waals surface area contributed by atoms with Gasteiger partial charge in [0.15, 0.2) is 0 Å². The molecule has 0 amide bonds. The topological polar surface area (TPSA) is 42.9 Å². The average molecular weight is 250 g/mol. The van der Waals surface area contributed by atoms with Crippen LogP contribution in [-0.2, 0) is 6.42 Å². The summed E-state index contributed by atoms with van der Waals surface area (Å²) < 4.78 is 16.8. The van der Waals surface area contributed by atoms with Gasteiger partial charge in [0.1, 0.15) is 10.7 Å². The first-order valence-electron chi connectivity index (χ1n) is 5.34. The molecule has 0 atom stereocenters. The van der Waals surface area contributed by atoms with Gasteiger partial charge in [0.05, 0.1) is 5.69 Å². The summed E-state index contributed by atoms with van der Waals surface area (Å²) in [5.74, 6) is -0.617. The van der Waals surface area contributed by atoms with E-state index in [2.05, 4.69) is 9.59 Å². The van der Waals surface area contributed by atoms with E-state index in [1.54, 1.807) is 6.07 Å². The van der Waals surface area contributed by atoms with Crippen molar-refractivity contribution >= 4 is 17.3 Å². The summed E-state index contributed by atoms with van der Waals surface area (Å²) in [5, 5.41) is 3.93. The number of benzene rings is 1. The van der Waals surface area contributed by atoms with E-state index in [4.69, 9.17) is 0 Å². The van der Waals surface area contributed by atoms with Crippen molar-refractivity contribution in [1.82, 2.24) is 9.59 Å². The molecular formula is C12H11FN2OS. The maximum absolute atomic E-state index is 13.0. The summed E-state index contributed by atoms with van der Waals surface area (Å²) in [6.45, 7) is 2.01. The molecule has 0 aliphatic rings. The van der Waals surface area contributed by atoms with Gasteiger partial charge in [-0.25, -0.2) is 4.39 Å². The van der Waals surface area contributed by atoms with Gasteiger partial charge in [0.2, 0.25) is 5.78 Å². The molecule has 0 saturated carbocycles. The average Bonchev–Trinajstić information content (AvgIpc) is 2.77. The molecular weight excluding hydrogens is 239 g/mol. The summed E-state index contributed by atoms with van der Waals surface area (Å²) >= 11 is 1.07. The fourth-order valence-corrected chi connectivity index (χ4v) is 2.21. The zero-order chi connectivity index (χ0) is 12.3. The number of aryl methyl sites for hydroxylation is 1. The van der Waals surface area contributed by atoms with Gasteiger partial charge in [-0.1, -0.05) is 30.0 Å². The van der Waals surface area contributed by atoms with E-state index in [0.29, 0.717) is 22.6 Å². The molecule has 0 N–H and O–H groups in total. The number of carbonyl (C=O) groups is 1. The molecule has 1 aromatic heterocycles. The van der Waals surface area contributed by atoms with Gasteiger partial charge in [-0.2, -0.15) is 0 Å². The van der Waals surface area contributed by atoms with Crippen molar-refractivity contribution in [2.75, 3.05) is 0 Å². The molecule has 2 rings (SSSR count). The zero-order valence-corrected chi connectivity index (χ0v) is 10.1. The second-order valence-corrected chi connectivity index (χ2v) is 4.39. The number of aromatic nitrogens is 2. The minimum Gasteiger partial charge on any atom is -0.288 e. The first kappa shape index (κ1) is 11.9. The standard InChI is InChI=1S/C12H11FN2OS/c1-2-4-10-12(17-15-14-10)11(16)8-5-3-6-9(13)7-8/h3,5-7H,2,4H2,1H3. The van der Waals surface area contributed by atoms with Crippen molar-refractivity contribution in [3.05, 3.63) is 46.2 Å². The van der Waals surface area contributed by atoms with E-state index in [1.165, 1.54) is 18.2 Å². The maximum Gasteiger partial charge on any atom is 0.206 e. The third kappa shape index (κ3) is 2.55. The Hall–Kier alpha value is -1.62. The monoisotopic (exact) mass is 250 g/mol. The molecule has 1 aromatic carbocycles. The van der Waals surface area contributed by atoms with Gasteiger partial charge in [0.25, 0.3) is 0 Å². The largest absolute Gasteiger partial charge is 0.288 e. The lowest BCUT2D eigenvalue weighted by Crippen LogP contribution is -2.03. The maximum atomic E-state index is 13.0. The van der Waals surface area contributed by atoms with E-state index in [1.807, 2.05) is 6.92 Å². The summed E-state index contributed by atoms with van der Waals surface area (Å²) in [4.78, 5) is 12.6. The SMILES string of the molecule is CCCc1nnsc1C(=O)c1cccc(F)c1. The minimum absolute atomic E-state index is 0.206. The van der Waals surface area contributed by atoms with Gasteiger partial charge >= 0.3 is 0 Å². The summed E-state index contributed by atoms with van der Waals surface area (Å²) in [5.41, 5.74) is 1.04. The number of ketones is 1.